The number of ether oxygens (including phenoxy) is 1. The Morgan fingerprint density at radius 2 is 1.38 bits per heavy atom. The molecule has 0 atom stereocenters. The molecule has 0 heterocycles. The van der Waals surface area contributed by atoms with Crippen LogP contribution >= 0.6 is 0 Å². The van der Waals surface area contributed by atoms with E-state index in [1.165, 1.54) is 24.8 Å². The Kier molecular flexibility index (Phi) is 5.35. The smallest absolute Gasteiger partial charge is 0.337 e. The summed E-state index contributed by atoms with van der Waals surface area (Å²) in [5.74, 6) is -1.74. The van der Waals surface area contributed by atoms with Crippen molar-refractivity contribution in [2.45, 2.75) is 51.4 Å². The van der Waals surface area contributed by atoms with Crippen LogP contribution in [0.4, 0.5) is 5.69 Å². The number of carbonyl (C=O) groups excluding carboxylic acids is 3. The van der Waals surface area contributed by atoms with Gasteiger partial charge in [-0.1, -0.05) is 39.8 Å². The molecular weight excluding hydrogens is 366 g/mol. The molecule has 0 fully saturated rings. The predicted octanol–water partition coefficient (Wildman–Crippen LogP) is 4.64. The Morgan fingerprint density at radius 1 is 0.828 bits per heavy atom. The number of hydrogen-bond acceptors (Lipinski definition) is 4. The maximum Gasteiger partial charge on any atom is 0.337 e. The first kappa shape index (κ1) is 20.8. The fourth-order valence-corrected chi connectivity index (χ4v) is 3.86. The third kappa shape index (κ3) is 4.09. The van der Waals surface area contributed by atoms with E-state index in [1.54, 1.807) is 18.2 Å². The Bertz CT molecular complexity index is 971. The van der Waals surface area contributed by atoms with E-state index in [9.17, 15) is 14.4 Å². The summed E-state index contributed by atoms with van der Waals surface area (Å²) in [6.07, 6.45) is 2.12. The van der Waals surface area contributed by atoms with Gasteiger partial charge in [0.25, 0.3) is 11.7 Å². The number of nitrogens with one attached hydrogen (secondary N) is 1. The number of ketones is 1. The van der Waals surface area contributed by atoms with Gasteiger partial charge >= 0.3 is 5.97 Å². The molecule has 29 heavy (non-hydrogen) atoms. The van der Waals surface area contributed by atoms with Crippen LogP contribution in [0.5, 0.6) is 0 Å². The van der Waals surface area contributed by atoms with Gasteiger partial charge in [0.2, 0.25) is 0 Å². The van der Waals surface area contributed by atoms with Crippen molar-refractivity contribution < 1.29 is 19.1 Å². The summed E-state index contributed by atoms with van der Waals surface area (Å²) in [7, 11) is 1.30. The molecule has 0 aliphatic heterocycles. The zero-order valence-electron chi connectivity index (χ0n) is 17.6. The van der Waals surface area contributed by atoms with Crippen LogP contribution in [0.3, 0.4) is 0 Å². The Hall–Kier alpha value is -2.95. The van der Waals surface area contributed by atoms with Crippen molar-refractivity contribution in [3.8, 4) is 0 Å². The molecule has 1 aliphatic rings. The van der Waals surface area contributed by atoms with Gasteiger partial charge in [0, 0.05) is 11.3 Å². The van der Waals surface area contributed by atoms with E-state index < -0.39 is 17.7 Å². The quantitative estimate of drug-likeness (QED) is 0.466. The summed E-state index contributed by atoms with van der Waals surface area (Å²) in [6.45, 7) is 8.79. The third-order valence-electron chi connectivity index (χ3n) is 5.89. The Balaban J connectivity index is 1.82. The van der Waals surface area contributed by atoms with Crippen molar-refractivity contribution in [3.05, 3.63) is 64.7 Å². The van der Waals surface area contributed by atoms with Crippen molar-refractivity contribution in [2.24, 2.45) is 0 Å². The molecule has 0 radical (unpaired) electrons. The minimum absolute atomic E-state index is 0.0403. The second-order valence-electron chi connectivity index (χ2n) is 8.88. The van der Waals surface area contributed by atoms with Crippen molar-refractivity contribution in [1.29, 1.82) is 0 Å². The van der Waals surface area contributed by atoms with E-state index >= 15 is 0 Å². The Labute approximate surface area is 171 Å². The minimum atomic E-state index is -0.705. The fraction of sp³-hybridized carbons (Fsp3) is 0.375. The molecule has 0 saturated heterocycles. The number of rotatable bonds is 4. The minimum Gasteiger partial charge on any atom is -0.465 e. The summed E-state index contributed by atoms with van der Waals surface area (Å²) in [5.41, 5.74) is 3.58. The SMILES string of the molecule is COC(=O)c1ccc(NC(=O)C(=O)c2ccc3c(c2)C(C)(C)CCC3(C)C)cc1. The molecule has 2 aromatic carbocycles. The number of methoxy groups -OCH3 is 1. The molecule has 0 bridgehead atoms. The van der Waals surface area contributed by atoms with Gasteiger partial charge in [-0.3, -0.25) is 9.59 Å². The van der Waals surface area contributed by atoms with E-state index in [-0.39, 0.29) is 10.8 Å². The lowest BCUT2D eigenvalue weighted by molar-refractivity contribution is -0.112. The predicted molar refractivity (Wildman–Crippen MR) is 112 cm³/mol. The zero-order chi connectivity index (χ0) is 21.4. The van der Waals surface area contributed by atoms with Gasteiger partial charge in [-0.05, 0) is 65.1 Å². The highest BCUT2D eigenvalue weighted by molar-refractivity contribution is 6.46. The summed E-state index contributed by atoms with van der Waals surface area (Å²) in [4.78, 5) is 36.7. The van der Waals surface area contributed by atoms with Crippen LogP contribution in [0.25, 0.3) is 0 Å². The van der Waals surface area contributed by atoms with Crippen LogP contribution in [0.2, 0.25) is 0 Å². The molecule has 0 unspecified atom stereocenters. The lowest BCUT2D eigenvalue weighted by Gasteiger charge is -2.42. The van der Waals surface area contributed by atoms with Crippen molar-refractivity contribution >= 4 is 23.3 Å². The average molecular weight is 393 g/mol. The number of Topliss-reactive ketones (excluding diaryl/α,β-unsaturated/α-hetero) is 1. The highest BCUT2D eigenvalue weighted by atomic mass is 16.5. The molecule has 0 aromatic heterocycles. The summed E-state index contributed by atoms with van der Waals surface area (Å²) in [6, 6.07) is 11.8. The van der Waals surface area contributed by atoms with E-state index in [0.717, 1.165) is 18.4 Å². The van der Waals surface area contributed by atoms with E-state index in [0.29, 0.717) is 16.8 Å². The first-order valence-electron chi connectivity index (χ1n) is 9.74. The molecule has 1 N–H and O–H groups in total. The maximum atomic E-state index is 12.7. The summed E-state index contributed by atoms with van der Waals surface area (Å²) in [5, 5.41) is 2.60. The topological polar surface area (TPSA) is 72.5 Å². The van der Waals surface area contributed by atoms with Gasteiger partial charge in [0.05, 0.1) is 12.7 Å². The molecule has 3 rings (SSSR count). The molecule has 5 heteroatoms. The van der Waals surface area contributed by atoms with Gasteiger partial charge in [0.1, 0.15) is 0 Å². The molecule has 5 nitrogen and oxygen atoms in total. The average Bonchev–Trinajstić information content (AvgIpc) is 2.70. The highest BCUT2D eigenvalue weighted by Crippen LogP contribution is 2.45. The van der Waals surface area contributed by atoms with Crippen LogP contribution in [-0.2, 0) is 20.4 Å². The van der Waals surface area contributed by atoms with E-state index in [4.69, 9.17) is 0 Å². The first-order valence-corrected chi connectivity index (χ1v) is 9.74. The second-order valence-corrected chi connectivity index (χ2v) is 8.88. The molecule has 0 spiro atoms. The normalized spacial score (nSPS) is 16.4. The molecule has 0 saturated carbocycles. The number of hydrogen-bond donors (Lipinski definition) is 1. The number of anilines is 1. The van der Waals surface area contributed by atoms with Crippen LogP contribution in [-0.4, -0.2) is 24.8 Å². The number of benzene rings is 2. The molecular formula is C24H27NO4. The maximum absolute atomic E-state index is 12.7. The van der Waals surface area contributed by atoms with E-state index in [2.05, 4.69) is 37.7 Å². The number of carbonyl (C=O) groups is 3. The monoisotopic (exact) mass is 393 g/mol. The number of esters is 1. The fourth-order valence-electron chi connectivity index (χ4n) is 3.86. The lowest BCUT2D eigenvalue weighted by Crippen LogP contribution is -2.34. The number of amides is 1. The van der Waals surface area contributed by atoms with Gasteiger partial charge in [-0.25, -0.2) is 4.79 Å². The van der Waals surface area contributed by atoms with Crippen molar-refractivity contribution in [3.63, 3.8) is 0 Å². The van der Waals surface area contributed by atoms with Crippen molar-refractivity contribution in [2.75, 3.05) is 12.4 Å². The molecule has 152 valence electrons. The lowest BCUT2D eigenvalue weighted by atomic mass is 9.63. The van der Waals surface area contributed by atoms with E-state index in [1.807, 2.05) is 12.1 Å². The van der Waals surface area contributed by atoms with Gasteiger partial charge < -0.3 is 10.1 Å². The zero-order valence-corrected chi connectivity index (χ0v) is 17.6. The van der Waals surface area contributed by atoms with Crippen LogP contribution in [0, 0.1) is 0 Å². The molecule has 2 aromatic rings. The highest BCUT2D eigenvalue weighted by Gasteiger charge is 2.37. The van der Waals surface area contributed by atoms with Crippen molar-refractivity contribution in [1.82, 2.24) is 0 Å². The second kappa shape index (κ2) is 7.47. The third-order valence-corrected chi connectivity index (χ3v) is 5.89. The largest absolute Gasteiger partial charge is 0.465 e. The Morgan fingerprint density at radius 3 is 1.97 bits per heavy atom. The van der Waals surface area contributed by atoms with Crippen LogP contribution in [0.1, 0.15) is 72.4 Å². The summed E-state index contributed by atoms with van der Waals surface area (Å²) >= 11 is 0. The summed E-state index contributed by atoms with van der Waals surface area (Å²) < 4.78 is 4.65. The standard InChI is InChI=1S/C24H27NO4/c1-23(2)12-13-24(3,4)19-14-16(8-11-18(19)23)20(26)21(27)25-17-9-6-15(7-10-17)22(28)29-5/h6-11,14H,12-13H2,1-5H3,(H,25,27). The molecule has 1 amide bonds. The first-order chi connectivity index (χ1) is 13.5. The van der Waals surface area contributed by atoms with Crippen LogP contribution < -0.4 is 5.32 Å². The van der Waals surface area contributed by atoms with Crippen LogP contribution in [0.15, 0.2) is 42.5 Å². The van der Waals surface area contributed by atoms with Gasteiger partial charge in [-0.2, -0.15) is 0 Å². The van der Waals surface area contributed by atoms with Gasteiger partial charge in [0.15, 0.2) is 0 Å². The number of fused-ring (bicyclic) bond motifs is 1. The van der Waals surface area contributed by atoms with Gasteiger partial charge in [-0.15, -0.1) is 0 Å². The molecule has 1 aliphatic carbocycles.